The number of fused-ring (bicyclic) bond motifs is 1. The van der Waals surface area contributed by atoms with Gasteiger partial charge in [-0.2, -0.15) is 21.6 Å². The molecule has 0 aliphatic heterocycles. The van der Waals surface area contributed by atoms with Crippen molar-refractivity contribution in [1.82, 2.24) is 4.57 Å². The van der Waals surface area contributed by atoms with Crippen molar-refractivity contribution in [2.45, 2.75) is 5.51 Å². The summed E-state index contributed by atoms with van der Waals surface area (Å²) in [6, 6.07) is 8.72. The number of methoxy groups -OCH3 is 2. The Morgan fingerprint density at radius 1 is 0.967 bits per heavy atom. The third kappa shape index (κ3) is 3.80. The number of aryl methyl sites for hydroxylation is 1. The average Bonchev–Trinajstić information content (AvgIpc) is 2.69. The van der Waals surface area contributed by atoms with Crippen LogP contribution in [0.3, 0.4) is 0 Å². The molecule has 0 fully saturated rings. The fraction of sp³-hybridized carbons (Fsp3) is 0.211. The third-order valence-electron chi connectivity index (χ3n) is 4.35. The first-order valence-corrected chi connectivity index (χ1v) is 9.76. The number of alkyl halides is 3. The number of nitrogens with zero attached hydrogens (tertiary/aromatic N) is 1. The highest BCUT2D eigenvalue weighted by Crippen LogP contribution is 2.35. The number of aromatic nitrogens is 1. The van der Waals surface area contributed by atoms with Gasteiger partial charge in [0.2, 0.25) is 5.43 Å². The number of benzene rings is 2. The van der Waals surface area contributed by atoms with E-state index in [2.05, 4.69) is 4.18 Å². The molecule has 0 aliphatic carbocycles. The number of ether oxygens (including phenoxy) is 2. The number of hydrogen-bond donors (Lipinski definition) is 0. The van der Waals surface area contributed by atoms with Gasteiger partial charge in [0.25, 0.3) is 0 Å². The molecule has 160 valence electrons. The summed E-state index contributed by atoms with van der Waals surface area (Å²) >= 11 is 0. The minimum absolute atomic E-state index is 0.0158. The van der Waals surface area contributed by atoms with Crippen molar-refractivity contribution < 1.29 is 35.2 Å². The average molecular weight is 443 g/mol. The summed E-state index contributed by atoms with van der Waals surface area (Å²) in [6.07, 6.45) is 1.48. The normalized spacial score (nSPS) is 12.1. The van der Waals surface area contributed by atoms with Gasteiger partial charge in [0, 0.05) is 30.9 Å². The summed E-state index contributed by atoms with van der Waals surface area (Å²) < 4.78 is 77.6. The summed E-state index contributed by atoms with van der Waals surface area (Å²) in [4.78, 5) is 13.2. The molecule has 1 heterocycles. The maximum absolute atomic E-state index is 13.2. The number of rotatable bonds is 5. The monoisotopic (exact) mass is 443 g/mol. The van der Waals surface area contributed by atoms with Crippen LogP contribution in [0.15, 0.2) is 47.4 Å². The van der Waals surface area contributed by atoms with E-state index in [1.807, 2.05) is 0 Å². The third-order valence-corrected chi connectivity index (χ3v) is 5.31. The van der Waals surface area contributed by atoms with Crippen molar-refractivity contribution in [1.29, 1.82) is 0 Å². The van der Waals surface area contributed by atoms with Gasteiger partial charge >= 0.3 is 15.6 Å². The lowest BCUT2D eigenvalue weighted by Gasteiger charge is -2.15. The van der Waals surface area contributed by atoms with E-state index in [0.717, 1.165) is 6.07 Å². The molecule has 0 saturated carbocycles. The van der Waals surface area contributed by atoms with Crippen LogP contribution in [0.5, 0.6) is 17.2 Å². The highest BCUT2D eigenvalue weighted by molar-refractivity contribution is 7.88. The second kappa shape index (κ2) is 7.56. The van der Waals surface area contributed by atoms with E-state index in [9.17, 15) is 26.4 Å². The second-order valence-electron chi connectivity index (χ2n) is 6.21. The first-order chi connectivity index (χ1) is 14.0. The number of hydrogen-bond acceptors (Lipinski definition) is 6. The summed E-state index contributed by atoms with van der Waals surface area (Å²) in [6.45, 7) is 0. The van der Waals surface area contributed by atoms with Gasteiger partial charge in [-0.25, -0.2) is 0 Å². The van der Waals surface area contributed by atoms with Gasteiger partial charge in [0.15, 0.2) is 5.75 Å². The highest BCUT2D eigenvalue weighted by Gasteiger charge is 2.49. The zero-order valence-electron chi connectivity index (χ0n) is 16.0. The van der Waals surface area contributed by atoms with Crippen LogP contribution in [0.4, 0.5) is 13.2 Å². The van der Waals surface area contributed by atoms with E-state index in [1.165, 1.54) is 31.0 Å². The van der Waals surface area contributed by atoms with Crippen molar-refractivity contribution in [2.24, 2.45) is 7.05 Å². The smallest absolute Gasteiger partial charge is 0.497 e. The predicted molar refractivity (Wildman–Crippen MR) is 103 cm³/mol. The first-order valence-electron chi connectivity index (χ1n) is 8.35. The first kappa shape index (κ1) is 21.5. The predicted octanol–water partition coefficient (Wildman–Crippen LogP) is 3.45. The molecule has 3 rings (SSSR count). The van der Waals surface area contributed by atoms with E-state index in [1.54, 1.807) is 31.3 Å². The van der Waals surface area contributed by atoms with Crippen molar-refractivity contribution in [2.75, 3.05) is 14.2 Å². The summed E-state index contributed by atoms with van der Waals surface area (Å²) in [7, 11) is -1.73. The summed E-state index contributed by atoms with van der Waals surface area (Å²) in [5.41, 5.74) is -5.65. The van der Waals surface area contributed by atoms with Crippen LogP contribution in [0.1, 0.15) is 0 Å². The summed E-state index contributed by atoms with van der Waals surface area (Å²) in [5.74, 6) is -0.221. The topological polar surface area (TPSA) is 83.8 Å². The van der Waals surface area contributed by atoms with Crippen molar-refractivity contribution in [3.05, 3.63) is 52.8 Å². The molecule has 0 saturated heterocycles. The van der Waals surface area contributed by atoms with Crippen molar-refractivity contribution in [3.8, 4) is 28.4 Å². The zero-order chi connectivity index (χ0) is 22.3. The Morgan fingerprint density at radius 2 is 1.57 bits per heavy atom. The fourth-order valence-corrected chi connectivity index (χ4v) is 3.33. The molecule has 0 atom stereocenters. The van der Waals surface area contributed by atoms with E-state index < -0.39 is 26.8 Å². The molecule has 0 N–H and O–H groups in total. The molecule has 0 unspecified atom stereocenters. The van der Waals surface area contributed by atoms with Crippen LogP contribution in [0, 0.1) is 0 Å². The molecule has 0 amide bonds. The van der Waals surface area contributed by atoms with Crippen molar-refractivity contribution >= 4 is 21.0 Å². The molecule has 7 nitrogen and oxygen atoms in total. The molecular weight excluding hydrogens is 427 g/mol. The Bertz CT molecular complexity index is 1260. The molecule has 0 aliphatic rings. The minimum atomic E-state index is -6.00. The number of halogens is 3. The van der Waals surface area contributed by atoms with E-state index in [4.69, 9.17) is 9.47 Å². The van der Waals surface area contributed by atoms with Gasteiger partial charge in [0.05, 0.1) is 25.1 Å². The summed E-state index contributed by atoms with van der Waals surface area (Å²) in [5, 5.41) is -0.334. The van der Waals surface area contributed by atoms with Crippen LogP contribution in [-0.2, 0) is 17.2 Å². The van der Waals surface area contributed by atoms with Gasteiger partial charge in [-0.15, -0.1) is 0 Å². The van der Waals surface area contributed by atoms with Crippen molar-refractivity contribution in [3.63, 3.8) is 0 Å². The van der Waals surface area contributed by atoms with Gasteiger partial charge in [-0.3, -0.25) is 4.79 Å². The fourth-order valence-electron chi connectivity index (χ4n) is 2.86. The number of pyridine rings is 1. The largest absolute Gasteiger partial charge is 0.534 e. The zero-order valence-corrected chi connectivity index (χ0v) is 16.8. The van der Waals surface area contributed by atoms with Gasteiger partial charge in [-0.05, 0) is 17.7 Å². The van der Waals surface area contributed by atoms with Crippen LogP contribution < -0.4 is 19.1 Å². The Balaban J connectivity index is 2.32. The minimum Gasteiger partial charge on any atom is -0.497 e. The standard InChI is InChI=1S/C19H16F3NO6S/c1-23-10-14(11-4-6-12(27-2)7-5-11)18(24)17-15(23)8-13(28-3)9-16(17)29-30(25,26)19(20,21)22/h4-10H,1-3H3. The Kier molecular flexibility index (Phi) is 5.42. The molecule has 3 aromatic rings. The lowest BCUT2D eigenvalue weighted by atomic mass is 10.0. The lowest BCUT2D eigenvalue weighted by Crippen LogP contribution is -2.28. The Labute approximate surface area is 169 Å². The highest BCUT2D eigenvalue weighted by atomic mass is 32.2. The maximum atomic E-state index is 13.2. The van der Waals surface area contributed by atoms with Gasteiger partial charge in [0.1, 0.15) is 11.5 Å². The second-order valence-corrected chi connectivity index (χ2v) is 7.75. The van der Waals surface area contributed by atoms with Crippen LogP contribution in [0.2, 0.25) is 0 Å². The molecule has 0 spiro atoms. The molecule has 30 heavy (non-hydrogen) atoms. The Hall–Kier alpha value is -3.21. The molecule has 1 aromatic heterocycles. The van der Waals surface area contributed by atoms with Crippen LogP contribution in [-0.4, -0.2) is 32.7 Å². The lowest BCUT2D eigenvalue weighted by molar-refractivity contribution is -0.0499. The van der Waals surface area contributed by atoms with E-state index >= 15 is 0 Å². The SMILES string of the molecule is COc1ccc(-c2cn(C)c3cc(OC)cc(OS(=O)(=O)C(F)(F)F)c3c2=O)cc1. The van der Waals surface area contributed by atoms with E-state index in [-0.39, 0.29) is 22.2 Å². The maximum Gasteiger partial charge on any atom is 0.534 e. The van der Waals surface area contributed by atoms with Crippen LogP contribution in [0.25, 0.3) is 22.0 Å². The van der Waals surface area contributed by atoms with Gasteiger partial charge < -0.3 is 18.2 Å². The molecule has 11 heteroatoms. The van der Waals surface area contributed by atoms with Gasteiger partial charge in [-0.1, -0.05) is 12.1 Å². The van der Waals surface area contributed by atoms with E-state index in [0.29, 0.717) is 11.3 Å². The molecule has 0 radical (unpaired) electrons. The molecular formula is C19H16F3NO6S. The quantitative estimate of drug-likeness (QED) is 0.444. The van der Waals surface area contributed by atoms with Crippen LogP contribution >= 0.6 is 0 Å². The molecule has 0 bridgehead atoms. The molecule has 2 aromatic carbocycles. The Morgan fingerprint density at radius 3 is 2.10 bits per heavy atom.